The van der Waals surface area contributed by atoms with Gasteiger partial charge in [0.05, 0.1) is 26.4 Å². The van der Waals surface area contributed by atoms with E-state index in [1.807, 2.05) is 0 Å². The number of alkyl halides is 3. The van der Waals surface area contributed by atoms with Gasteiger partial charge in [-0.25, -0.2) is 4.99 Å². The Morgan fingerprint density at radius 2 is 1.87 bits per heavy atom. The van der Waals surface area contributed by atoms with Gasteiger partial charge in [0.25, 0.3) is 0 Å². The second-order valence-electron chi connectivity index (χ2n) is 4.43. The van der Waals surface area contributed by atoms with Crippen LogP contribution in [0.4, 0.5) is 13.2 Å². The molecule has 130 valence electrons. The number of nitrogens with one attached hydrogen (secondary N) is 1. The molecule has 0 unspecified atom stereocenters. The van der Waals surface area contributed by atoms with Crippen molar-refractivity contribution in [1.82, 2.24) is 5.32 Å². The first kappa shape index (κ1) is 19.0. The molecule has 3 N–H and O–H groups in total. The molecule has 0 aliphatic rings. The summed E-state index contributed by atoms with van der Waals surface area (Å²) in [6, 6.07) is 5.44. The quantitative estimate of drug-likeness (QED) is 0.408. The first-order valence-corrected chi connectivity index (χ1v) is 6.86. The average Bonchev–Trinajstić information content (AvgIpc) is 2.48. The Morgan fingerprint density at radius 1 is 1.17 bits per heavy atom. The molecule has 0 fully saturated rings. The van der Waals surface area contributed by atoms with Gasteiger partial charge in [0.1, 0.15) is 5.75 Å². The Morgan fingerprint density at radius 3 is 2.48 bits per heavy atom. The maximum absolute atomic E-state index is 12.0. The molecule has 0 bridgehead atoms. The molecule has 1 aromatic rings. The van der Waals surface area contributed by atoms with E-state index in [1.54, 1.807) is 7.11 Å². The number of guanidine groups is 1. The Balaban J connectivity index is 2.30. The van der Waals surface area contributed by atoms with Crippen LogP contribution in [-0.2, 0) is 16.0 Å². The Kier molecular flexibility index (Phi) is 8.20. The van der Waals surface area contributed by atoms with Gasteiger partial charge in [-0.3, -0.25) is 0 Å². The van der Waals surface area contributed by atoms with Gasteiger partial charge in [-0.2, -0.15) is 0 Å². The Labute approximate surface area is 132 Å². The van der Waals surface area contributed by atoms with Gasteiger partial charge in [-0.05, 0) is 17.7 Å². The number of nitrogens with two attached hydrogens (primary N) is 1. The van der Waals surface area contributed by atoms with E-state index in [0.717, 1.165) is 0 Å². The van der Waals surface area contributed by atoms with E-state index in [9.17, 15) is 13.2 Å². The van der Waals surface area contributed by atoms with Crippen molar-refractivity contribution in [2.75, 3.05) is 33.5 Å². The highest BCUT2D eigenvalue weighted by Gasteiger charge is 2.30. The van der Waals surface area contributed by atoms with Gasteiger partial charge in [-0.15, -0.1) is 13.2 Å². The van der Waals surface area contributed by atoms with Crippen LogP contribution in [0.1, 0.15) is 5.56 Å². The van der Waals surface area contributed by atoms with Gasteiger partial charge in [0, 0.05) is 13.7 Å². The SMILES string of the molecule is COCCOCCNC(N)=NCc1ccc(OC(F)(F)F)cc1. The molecule has 1 rings (SSSR count). The van der Waals surface area contributed by atoms with Crippen LogP contribution in [0.15, 0.2) is 29.3 Å². The summed E-state index contributed by atoms with van der Waals surface area (Å²) in [5, 5.41) is 2.86. The third-order valence-corrected chi connectivity index (χ3v) is 2.57. The second kappa shape index (κ2) is 9.90. The summed E-state index contributed by atoms with van der Waals surface area (Å²) in [6.07, 6.45) is -4.70. The van der Waals surface area contributed by atoms with Crippen molar-refractivity contribution < 1.29 is 27.4 Å². The smallest absolute Gasteiger partial charge is 0.406 e. The van der Waals surface area contributed by atoms with Crippen LogP contribution in [0.25, 0.3) is 0 Å². The molecule has 0 heterocycles. The van der Waals surface area contributed by atoms with Crippen LogP contribution >= 0.6 is 0 Å². The van der Waals surface area contributed by atoms with Gasteiger partial charge >= 0.3 is 6.36 Å². The molecule has 0 aromatic heterocycles. The summed E-state index contributed by atoms with van der Waals surface area (Å²) in [5.41, 5.74) is 6.37. The zero-order valence-corrected chi connectivity index (χ0v) is 12.7. The van der Waals surface area contributed by atoms with Gasteiger partial charge in [0.15, 0.2) is 5.96 Å². The fourth-order valence-electron chi connectivity index (χ4n) is 1.52. The molecule has 0 aliphatic heterocycles. The lowest BCUT2D eigenvalue weighted by molar-refractivity contribution is -0.274. The van der Waals surface area contributed by atoms with E-state index in [4.69, 9.17) is 15.2 Å². The third-order valence-electron chi connectivity index (χ3n) is 2.57. The lowest BCUT2D eigenvalue weighted by Gasteiger charge is -2.09. The van der Waals surface area contributed by atoms with Crippen LogP contribution in [0.5, 0.6) is 5.75 Å². The largest absolute Gasteiger partial charge is 0.573 e. The number of benzene rings is 1. The maximum atomic E-state index is 12.0. The summed E-state index contributed by atoms with van der Waals surface area (Å²) >= 11 is 0. The number of hydrogen-bond donors (Lipinski definition) is 2. The number of rotatable bonds is 9. The molecule has 0 atom stereocenters. The fraction of sp³-hybridized carbons (Fsp3) is 0.500. The summed E-state index contributed by atoms with van der Waals surface area (Å²) in [5.74, 6) is -0.0412. The summed E-state index contributed by atoms with van der Waals surface area (Å²) in [7, 11) is 1.59. The number of methoxy groups -OCH3 is 1. The van der Waals surface area contributed by atoms with E-state index < -0.39 is 6.36 Å². The zero-order chi connectivity index (χ0) is 17.1. The van der Waals surface area contributed by atoms with Crippen LogP contribution in [0, 0.1) is 0 Å². The number of hydrogen-bond acceptors (Lipinski definition) is 4. The topological polar surface area (TPSA) is 78.1 Å². The first-order valence-electron chi connectivity index (χ1n) is 6.86. The minimum absolute atomic E-state index is 0.232. The second-order valence-corrected chi connectivity index (χ2v) is 4.43. The van der Waals surface area contributed by atoms with Crippen molar-refractivity contribution >= 4 is 5.96 Å². The van der Waals surface area contributed by atoms with Gasteiger partial charge in [-0.1, -0.05) is 12.1 Å². The molecule has 6 nitrogen and oxygen atoms in total. The average molecular weight is 335 g/mol. The molecule has 0 radical (unpaired) electrons. The van der Waals surface area contributed by atoms with Crippen LogP contribution in [0.2, 0.25) is 0 Å². The van der Waals surface area contributed by atoms with E-state index in [1.165, 1.54) is 24.3 Å². The lowest BCUT2D eigenvalue weighted by Crippen LogP contribution is -2.34. The summed E-state index contributed by atoms with van der Waals surface area (Å²) in [4.78, 5) is 4.07. The molecular weight excluding hydrogens is 315 g/mol. The molecule has 0 amide bonds. The van der Waals surface area contributed by atoms with E-state index in [2.05, 4.69) is 15.0 Å². The van der Waals surface area contributed by atoms with Crippen molar-refractivity contribution in [2.24, 2.45) is 10.7 Å². The molecule has 0 aliphatic carbocycles. The predicted octanol–water partition coefficient (Wildman–Crippen LogP) is 1.65. The zero-order valence-electron chi connectivity index (χ0n) is 12.7. The summed E-state index contributed by atoms with van der Waals surface area (Å²) in [6.45, 7) is 2.23. The molecule has 0 saturated carbocycles. The molecule has 1 aromatic carbocycles. The Hall–Kier alpha value is -2.00. The number of aliphatic imine (C=N–C) groups is 1. The Bertz CT molecular complexity index is 478. The minimum Gasteiger partial charge on any atom is -0.406 e. The van der Waals surface area contributed by atoms with Crippen molar-refractivity contribution in [1.29, 1.82) is 0 Å². The van der Waals surface area contributed by atoms with E-state index in [-0.39, 0.29) is 18.3 Å². The lowest BCUT2D eigenvalue weighted by atomic mass is 10.2. The van der Waals surface area contributed by atoms with Crippen LogP contribution in [-0.4, -0.2) is 45.8 Å². The third kappa shape index (κ3) is 9.59. The molecule has 23 heavy (non-hydrogen) atoms. The van der Waals surface area contributed by atoms with Crippen LogP contribution in [0.3, 0.4) is 0 Å². The first-order chi connectivity index (χ1) is 10.9. The molecule has 0 saturated heterocycles. The molecular formula is C14H20F3N3O3. The normalized spacial score (nSPS) is 12.3. The summed E-state index contributed by atoms with van der Waals surface area (Å²) < 4.78 is 49.9. The standard InChI is InChI=1S/C14H20F3N3O3/c1-21-8-9-22-7-6-19-13(18)20-10-11-2-4-12(5-3-11)23-14(15,16)17/h2-5H,6-10H2,1H3,(H3,18,19,20). The van der Waals surface area contributed by atoms with Crippen molar-refractivity contribution in [2.45, 2.75) is 12.9 Å². The van der Waals surface area contributed by atoms with Gasteiger partial charge in [0.2, 0.25) is 0 Å². The van der Waals surface area contributed by atoms with E-state index >= 15 is 0 Å². The highest BCUT2D eigenvalue weighted by Crippen LogP contribution is 2.22. The molecule has 0 spiro atoms. The van der Waals surface area contributed by atoms with Gasteiger partial charge < -0.3 is 25.3 Å². The highest BCUT2D eigenvalue weighted by atomic mass is 19.4. The van der Waals surface area contributed by atoms with Crippen molar-refractivity contribution in [3.63, 3.8) is 0 Å². The maximum Gasteiger partial charge on any atom is 0.573 e. The highest BCUT2D eigenvalue weighted by molar-refractivity contribution is 5.77. The number of ether oxygens (including phenoxy) is 3. The minimum atomic E-state index is -4.70. The van der Waals surface area contributed by atoms with E-state index in [0.29, 0.717) is 31.9 Å². The van der Waals surface area contributed by atoms with Crippen molar-refractivity contribution in [3.05, 3.63) is 29.8 Å². The number of nitrogens with zero attached hydrogens (tertiary/aromatic N) is 1. The predicted molar refractivity (Wildman–Crippen MR) is 79.1 cm³/mol. The number of halogens is 3. The van der Waals surface area contributed by atoms with Crippen LogP contribution < -0.4 is 15.8 Å². The molecule has 9 heteroatoms. The monoisotopic (exact) mass is 335 g/mol. The fourth-order valence-corrected chi connectivity index (χ4v) is 1.52. The van der Waals surface area contributed by atoms with Crippen molar-refractivity contribution in [3.8, 4) is 5.75 Å².